The highest BCUT2D eigenvalue weighted by Gasteiger charge is 1.98. The van der Waals surface area contributed by atoms with Crippen LogP contribution in [0.3, 0.4) is 0 Å². The van der Waals surface area contributed by atoms with Gasteiger partial charge in [-0.3, -0.25) is 0 Å². The molecule has 40 valence electrons. The molecule has 0 amide bonds. The lowest BCUT2D eigenvalue weighted by atomic mass is 10.7. The molecule has 5 heteroatoms. The fraction of sp³-hybridized carbons (Fsp3) is 0.500. The Morgan fingerprint density at radius 2 is 2.43 bits per heavy atom. The Morgan fingerprint density at radius 3 is 2.43 bits per heavy atom. The number of carboxylic acids is 1. The average Bonchev–Trinajstić information content (AvgIpc) is 1.65. The number of rotatable bonds is 2. The second-order valence-corrected chi connectivity index (χ2v) is 2.41. The van der Waals surface area contributed by atoms with Crippen molar-refractivity contribution in [3.63, 3.8) is 0 Å². The fourth-order valence-electron chi connectivity index (χ4n) is 0.0430. The minimum Gasteiger partial charge on any atom is -0.543 e. The number of quaternary nitrogens is 1. The topological polar surface area (TPSA) is 67.8 Å². The van der Waals surface area contributed by atoms with Gasteiger partial charge in [-0.2, -0.15) is 0 Å². The van der Waals surface area contributed by atoms with E-state index in [2.05, 4.69) is 17.5 Å². The molecule has 0 saturated heterocycles. The Balaban J connectivity index is 3.55. The highest BCUT2D eigenvalue weighted by Crippen LogP contribution is 1.92. The van der Waals surface area contributed by atoms with Gasteiger partial charge in [0.1, 0.15) is 5.97 Å². The molecule has 0 saturated carbocycles. The monoisotopic (exact) mass is 137 g/mol. The zero-order chi connectivity index (χ0) is 5.86. The van der Waals surface area contributed by atoms with E-state index in [-0.39, 0.29) is 0 Å². The number of carboxylic acid groups (broad SMARTS) is 1. The lowest BCUT2D eigenvalue weighted by Gasteiger charge is -1.97. The molecule has 0 spiro atoms. The largest absolute Gasteiger partial charge is 0.543 e. The highest BCUT2D eigenvalue weighted by atomic mass is 32.4. The predicted molar refractivity (Wildman–Crippen MR) is 26.0 cm³/mol. The van der Waals surface area contributed by atoms with Crippen LogP contribution in [0.2, 0.25) is 0 Å². The van der Waals surface area contributed by atoms with Crippen LogP contribution >= 0.6 is 7.36 Å². The first-order chi connectivity index (χ1) is 3.18. The Bertz CT molecular complexity index is 95.7. The maximum Gasteiger partial charge on any atom is 0.176 e. The van der Waals surface area contributed by atoms with Gasteiger partial charge in [0, 0.05) is 7.36 Å². The summed E-state index contributed by atoms with van der Waals surface area (Å²) in [6, 6.07) is 0. The van der Waals surface area contributed by atoms with Crippen LogP contribution in [-0.2, 0) is 16.6 Å². The summed E-state index contributed by atoms with van der Waals surface area (Å²) in [5, 5.41) is 9.68. The molecule has 0 aromatic rings. The molecule has 0 aliphatic carbocycles. The number of hydrogen-bond donors (Lipinski definition) is 1. The van der Waals surface area contributed by atoms with Gasteiger partial charge in [0.25, 0.3) is 0 Å². The highest BCUT2D eigenvalue weighted by molar-refractivity contribution is 7.97. The fourth-order valence-corrected chi connectivity index (χ4v) is 0.387. The summed E-state index contributed by atoms with van der Waals surface area (Å²) >= 11 is 4.34. The van der Waals surface area contributed by atoms with Crippen molar-refractivity contribution in [3.05, 3.63) is 0 Å². The van der Waals surface area contributed by atoms with E-state index in [1.165, 1.54) is 0 Å². The van der Waals surface area contributed by atoms with E-state index in [4.69, 9.17) is 0 Å². The van der Waals surface area contributed by atoms with Crippen LogP contribution in [0.4, 0.5) is 0 Å². The summed E-state index contributed by atoms with van der Waals surface area (Å²) in [6.07, 6.45) is 0. The van der Waals surface area contributed by atoms with Crippen molar-refractivity contribution in [2.75, 3.05) is 0 Å². The molecule has 0 fully saturated rings. The standard InChI is InChI=1S/C2H4NO2PS/c3-1(6-7)2(4)5/h1H,3H2,(H,4,5). The molecule has 1 unspecified atom stereocenters. The first-order valence-corrected chi connectivity index (χ1v) is 3.52. The molecule has 3 nitrogen and oxygen atoms in total. The van der Waals surface area contributed by atoms with E-state index in [0.717, 1.165) is 0 Å². The van der Waals surface area contributed by atoms with E-state index >= 15 is 0 Å². The quantitative estimate of drug-likeness (QED) is 0.436. The van der Waals surface area contributed by atoms with Crippen LogP contribution in [0.25, 0.3) is 0 Å². The normalized spacial score (nSPS) is 13.9. The van der Waals surface area contributed by atoms with Gasteiger partial charge in [-0.15, -0.1) is 0 Å². The van der Waals surface area contributed by atoms with Gasteiger partial charge in [0.2, 0.25) is 0 Å². The van der Waals surface area contributed by atoms with Crippen molar-refractivity contribution in [1.82, 2.24) is 0 Å². The van der Waals surface area contributed by atoms with Gasteiger partial charge in [-0.05, 0) is 0 Å². The maximum atomic E-state index is 9.68. The van der Waals surface area contributed by atoms with Crippen molar-refractivity contribution in [3.8, 4) is 0 Å². The average molecular weight is 137 g/mol. The molecule has 0 aliphatic heterocycles. The summed E-state index contributed by atoms with van der Waals surface area (Å²) in [7, 11) is 0.333. The van der Waals surface area contributed by atoms with Gasteiger partial charge < -0.3 is 15.6 Å². The van der Waals surface area contributed by atoms with Crippen molar-refractivity contribution in [2.24, 2.45) is 0 Å². The van der Waals surface area contributed by atoms with Gasteiger partial charge in [-0.25, -0.2) is 0 Å². The molecular formula is C2H4NO2PS. The van der Waals surface area contributed by atoms with Gasteiger partial charge in [0.15, 0.2) is 5.78 Å². The van der Waals surface area contributed by atoms with E-state index in [1.54, 1.807) is 0 Å². The summed E-state index contributed by atoms with van der Waals surface area (Å²) in [4.78, 5) is 9.68. The SMILES string of the molecule is [NH3+]C(P=S)C(=O)[O-]. The van der Waals surface area contributed by atoms with Crippen molar-refractivity contribution in [2.45, 2.75) is 5.78 Å². The lowest BCUT2D eigenvalue weighted by molar-refractivity contribution is -0.411. The number of aliphatic carboxylic acids is 1. The number of carbonyl (C=O) groups excluding carboxylic acids is 1. The Hall–Kier alpha value is -0.0500. The van der Waals surface area contributed by atoms with E-state index in [0.29, 0.717) is 7.36 Å². The van der Waals surface area contributed by atoms with Crippen LogP contribution in [0, 0.1) is 0 Å². The Kier molecular flexibility index (Phi) is 3.00. The summed E-state index contributed by atoms with van der Waals surface area (Å²) < 4.78 is 0. The molecule has 0 aromatic heterocycles. The zero-order valence-electron chi connectivity index (χ0n) is 3.46. The molecular weight excluding hydrogens is 133 g/mol. The van der Waals surface area contributed by atoms with E-state index < -0.39 is 11.8 Å². The molecule has 0 heterocycles. The molecule has 0 radical (unpaired) electrons. The van der Waals surface area contributed by atoms with Crippen molar-refractivity contribution >= 4 is 25.1 Å². The minimum atomic E-state index is -1.18. The smallest absolute Gasteiger partial charge is 0.176 e. The third-order valence-corrected chi connectivity index (χ3v) is 1.63. The molecule has 1 atom stereocenters. The summed E-state index contributed by atoms with van der Waals surface area (Å²) in [5.74, 6) is -1.94. The maximum absolute atomic E-state index is 9.68. The van der Waals surface area contributed by atoms with Crippen LogP contribution in [0.1, 0.15) is 0 Å². The second-order valence-electron chi connectivity index (χ2n) is 0.940. The summed E-state index contributed by atoms with van der Waals surface area (Å²) in [6.45, 7) is 0. The molecule has 7 heavy (non-hydrogen) atoms. The number of hydrogen-bond acceptors (Lipinski definition) is 3. The Morgan fingerprint density at radius 1 is 2.00 bits per heavy atom. The predicted octanol–water partition coefficient (Wildman–Crippen LogP) is -2.29. The second kappa shape index (κ2) is 3.02. The van der Waals surface area contributed by atoms with Crippen molar-refractivity contribution < 1.29 is 15.6 Å². The molecule has 0 aromatic carbocycles. The first kappa shape index (κ1) is 6.95. The van der Waals surface area contributed by atoms with E-state index in [1.807, 2.05) is 0 Å². The van der Waals surface area contributed by atoms with Crippen LogP contribution in [0.5, 0.6) is 0 Å². The van der Waals surface area contributed by atoms with Crippen molar-refractivity contribution in [1.29, 1.82) is 0 Å². The summed E-state index contributed by atoms with van der Waals surface area (Å²) in [5.41, 5.74) is 3.18. The third kappa shape index (κ3) is 2.62. The first-order valence-electron chi connectivity index (χ1n) is 1.55. The molecule has 0 aliphatic rings. The van der Waals surface area contributed by atoms with Crippen LogP contribution in [0.15, 0.2) is 0 Å². The van der Waals surface area contributed by atoms with E-state index in [9.17, 15) is 9.90 Å². The van der Waals surface area contributed by atoms with Gasteiger partial charge in [-0.1, -0.05) is 11.8 Å². The lowest BCUT2D eigenvalue weighted by Crippen LogP contribution is -2.65. The molecule has 0 bridgehead atoms. The van der Waals surface area contributed by atoms with Crippen LogP contribution < -0.4 is 10.8 Å². The molecule has 3 N–H and O–H groups in total. The van der Waals surface area contributed by atoms with Crippen LogP contribution in [-0.4, -0.2) is 11.8 Å². The number of carbonyl (C=O) groups is 1. The minimum absolute atomic E-state index is 0.333. The van der Waals surface area contributed by atoms with Gasteiger partial charge >= 0.3 is 0 Å². The zero-order valence-corrected chi connectivity index (χ0v) is 5.17. The molecule has 0 rings (SSSR count). The third-order valence-electron chi connectivity index (χ3n) is 0.399. The van der Waals surface area contributed by atoms with Gasteiger partial charge in [0.05, 0.1) is 0 Å². The Labute approximate surface area is 47.3 Å².